The summed E-state index contributed by atoms with van der Waals surface area (Å²) in [5.74, 6) is -0.0689. The fraction of sp³-hybridized carbons (Fsp3) is 0.360. The average Bonchev–Trinajstić information content (AvgIpc) is 3.52. The van der Waals surface area contributed by atoms with Gasteiger partial charge in [0, 0.05) is 29.2 Å². The van der Waals surface area contributed by atoms with Gasteiger partial charge in [0.05, 0.1) is 39.1 Å². The van der Waals surface area contributed by atoms with Crippen LogP contribution in [0.15, 0.2) is 39.1 Å². The number of nitrogens with one attached hydrogen (secondary N) is 1. The quantitative estimate of drug-likeness (QED) is 0.135. The Hall–Kier alpha value is -3.16. The molecule has 198 valence electrons. The molecule has 1 aliphatic carbocycles. The monoisotopic (exact) mass is 572 g/mol. The molecule has 5 rings (SSSR count). The number of hydrogen-bond acceptors (Lipinski definition) is 10. The summed E-state index contributed by atoms with van der Waals surface area (Å²) in [6.45, 7) is 1.99. The molecule has 0 saturated carbocycles. The van der Waals surface area contributed by atoms with Gasteiger partial charge in [-0.1, -0.05) is 11.8 Å². The Morgan fingerprint density at radius 1 is 1.21 bits per heavy atom. The third kappa shape index (κ3) is 5.22. The minimum atomic E-state index is -0.504. The number of ether oxygens (including phenoxy) is 1. The van der Waals surface area contributed by atoms with Gasteiger partial charge >= 0.3 is 5.97 Å². The molecule has 10 nitrogen and oxygen atoms in total. The molecule has 1 N–H and O–H groups in total. The van der Waals surface area contributed by atoms with Crippen molar-refractivity contribution in [3.05, 3.63) is 66.4 Å². The van der Waals surface area contributed by atoms with Crippen LogP contribution < -0.4 is 10.9 Å². The number of carbonyl (C=O) groups is 2. The molecular weight excluding hydrogens is 548 g/mol. The van der Waals surface area contributed by atoms with Gasteiger partial charge in [-0.3, -0.25) is 24.3 Å². The molecule has 3 heterocycles. The number of nitro benzene ring substituents is 1. The second-order valence-electron chi connectivity index (χ2n) is 8.66. The molecule has 0 fully saturated rings. The molecule has 0 atom stereocenters. The fourth-order valence-electron chi connectivity index (χ4n) is 4.51. The first-order valence-electron chi connectivity index (χ1n) is 12.1. The zero-order valence-electron chi connectivity index (χ0n) is 20.5. The van der Waals surface area contributed by atoms with E-state index in [4.69, 9.17) is 4.74 Å². The van der Waals surface area contributed by atoms with E-state index >= 15 is 0 Å². The molecule has 1 aromatic carbocycles. The smallest absolute Gasteiger partial charge is 0.341 e. The van der Waals surface area contributed by atoms with Crippen LogP contribution in [-0.4, -0.2) is 44.5 Å². The van der Waals surface area contributed by atoms with E-state index in [1.807, 2.05) is 0 Å². The Balaban J connectivity index is 1.41. The Bertz CT molecular complexity index is 1480. The lowest BCUT2D eigenvalue weighted by Crippen LogP contribution is -2.24. The predicted molar refractivity (Wildman–Crippen MR) is 147 cm³/mol. The number of aromatic nitrogens is 2. The Morgan fingerprint density at radius 2 is 1.97 bits per heavy atom. The van der Waals surface area contributed by atoms with Crippen LogP contribution in [0.2, 0.25) is 0 Å². The molecule has 0 saturated heterocycles. The molecule has 0 bridgehead atoms. The van der Waals surface area contributed by atoms with Gasteiger partial charge in [0.15, 0.2) is 5.16 Å². The van der Waals surface area contributed by atoms with E-state index in [-0.39, 0.29) is 29.5 Å². The highest BCUT2D eigenvalue weighted by Crippen LogP contribution is 2.39. The number of thioether (sulfide) groups is 2. The number of carbonyl (C=O) groups excluding carboxylic acids is 2. The number of rotatable bonds is 8. The summed E-state index contributed by atoms with van der Waals surface area (Å²) in [4.78, 5) is 56.0. The van der Waals surface area contributed by atoms with Crippen molar-refractivity contribution in [1.29, 1.82) is 0 Å². The Labute approximate surface area is 230 Å². The van der Waals surface area contributed by atoms with Crippen LogP contribution in [0.4, 0.5) is 10.7 Å². The number of thiophene rings is 1. The molecule has 2 aliphatic rings. The molecule has 13 heteroatoms. The van der Waals surface area contributed by atoms with Crippen molar-refractivity contribution in [2.45, 2.75) is 49.1 Å². The lowest BCUT2D eigenvalue weighted by molar-refractivity contribution is -0.384. The molecule has 38 heavy (non-hydrogen) atoms. The van der Waals surface area contributed by atoms with Crippen molar-refractivity contribution in [3.8, 4) is 5.69 Å². The number of benzene rings is 1. The minimum absolute atomic E-state index is 0.0455. The van der Waals surface area contributed by atoms with Crippen molar-refractivity contribution in [3.63, 3.8) is 0 Å². The number of nitro groups is 1. The van der Waals surface area contributed by atoms with Crippen molar-refractivity contribution in [2.75, 3.05) is 23.4 Å². The normalized spacial score (nSPS) is 14.0. The summed E-state index contributed by atoms with van der Waals surface area (Å²) in [6.07, 6.45) is 4.34. The van der Waals surface area contributed by atoms with Gasteiger partial charge in [-0.2, -0.15) is 0 Å². The Kier molecular flexibility index (Phi) is 7.86. The van der Waals surface area contributed by atoms with Gasteiger partial charge < -0.3 is 10.1 Å². The second kappa shape index (κ2) is 11.3. The van der Waals surface area contributed by atoms with E-state index in [2.05, 4.69) is 10.3 Å². The van der Waals surface area contributed by atoms with E-state index in [0.717, 1.165) is 53.6 Å². The van der Waals surface area contributed by atoms with Crippen LogP contribution in [0, 0.1) is 10.1 Å². The number of nitrogens with zero attached hydrogens (tertiary/aromatic N) is 3. The molecule has 0 unspecified atom stereocenters. The highest BCUT2D eigenvalue weighted by molar-refractivity contribution is 8.00. The summed E-state index contributed by atoms with van der Waals surface area (Å²) < 4.78 is 6.66. The van der Waals surface area contributed by atoms with Crippen LogP contribution >= 0.6 is 34.9 Å². The van der Waals surface area contributed by atoms with Crippen LogP contribution in [0.3, 0.4) is 0 Å². The number of fused-ring (bicyclic) bond motifs is 2. The van der Waals surface area contributed by atoms with Gasteiger partial charge in [0.25, 0.3) is 11.2 Å². The van der Waals surface area contributed by atoms with E-state index in [1.54, 1.807) is 6.92 Å². The topological polar surface area (TPSA) is 133 Å². The maximum Gasteiger partial charge on any atom is 0.341 e. The molecule has 0 radical (unpaired) electrons. The summed E-state index contributed by atoms with van der Waals surface area (Å²) in [5.41, 5.74) is 2.19. The number of esters is 1. The van der Waals surface area contributed by atoms with E-state index in [1.165, 1.54) is 51.9 Å². The molecule has 1 amide bonds. The molecule has 0 spiro atoms. The van der Waals surface area contributed by atoms with Gasteiger partial charge in [0.2, 0.25) is 5.91 Å². The van der Waals surface area contributed by atoms with Gasteiger partial charge in [-0.25, -0.2) is 9.78 Å². The minimum Gasteiger partial charge on any atom is -0.462 e. The summed E-state index contributed by atoms with van der Waals surface area (Å²) >= 11 is 3.95. The highest BCUT2D eigenvalue weighted by atomic mass is 32.2. The van der Waals surface area contributed by atoms with Crippen molar-refractivity contribution in [1.82, 2.24) is 9.55 Å². The van der Waals surface area contributed by atoms with Gasteiger partial charge in [0.1, 0.15) is 5.00 Å². The van der Waals surface area contributed by atoms with E-state index in [0.29, 0.717) is 38.4 Å². The lowest BCUT2D eigenvalue weighted by Gasteiger charge is -2.14. The Morgan fingerprint density at radius 3 is 2.71 bits per heavy atom. The third-order valence-corrected chi connectivity index (χ3v) is 9.47. The number of non-ortho nitro benzene ring substituents is 1. The molecular formula is C25H24N4O6S3. The summed E-state index contributed by atoms with van der Waals surface area (Å²) in [5, 5.41) is 14.8. The lowest BCUT2D eigenvalue weighted by atomic mass is 9.95. The maximum atomic E-state index is 13.3. The van der Waals surface area contributed by atoms with Crippen molar-refractivity contribution >= 4 is 57.4 Å². The number of hydrogen-bond donors (Lipinski definition) is 1. The maximum absolute atomic E-state index is 13.3. The largest absolute Gasteiger partial charge is 0.462 e. The first-order valence-corrected chi connectivity index (χ1v) is 14.9. The number of amides is 1. The van der Waals surface area contributed by atoms with E-state index in [9.17, 15) is 24.5 Å². The average molecular weight is 573 g/mol. The van der Waals surface area contributed by atoms with Crippen LogP contribution in [0.1, 0.15) is 46.3 Å². The molecule has 1 aliphatic heterocycles. The second-order valence-corrected chi connectivity index (χ2v) is 11.8. The number of anilines is 1. The standard InChI is InChI=1S/C25H24N4O6S3/c1-2-35-24(32)20-16-5-3-4-6-18(16)38-22(20)27-19(30)13-37-25-26-17-11-12-36-21(17)23(31)28(25)14-7-9-15(10-8-14)29(33)34/h7-10H,2-6,11-13H2,1H3,(H,27,30). The van der Waals surface area contributed by atoms with Gasteiger partial charge in [-0.05, 0) is 50.3 Å². The summed E-state index contributed by atoms with van der Waals surface area (Å²) in [7, 11) is 0. The van der Waals surface area contributed by atoms with Crippen molar-refractivity contribution < 1.29 is 19.2 Å². The molecule has 2 aromatic heterocycles. The van der Waals surface area contributed by atoms with Crippen molar-refractivity contribution in [2.24, 2.45) is 0 Å². The van der Waals surface area contributed by atoms with Crippen LogP contribution in [-0.2, 0) is 28.8 Å². The number of aryl methyl sites for hydroxylation is 2. The van der Waals surface area contributed by atoms with E-state index < -0.39 is 10.9 Å². The first-order chi connectivity index (χ1) is 18.4. The summed E-state index contributed by atoms with van der Waals surface area (Å²) in [6, 6.07) is 5.66. The zero-order valence-corrected chi connectivity index (χ0v) is 22.9. The van der Waals surface area contributed by atoms with Gasteiger partial charge in [-0.15, -0.1) is 23.1 Å². The SMILES string of the molecule is CCOC(=O)c1c(NC(=O)CSc2nc3c(c(=O)n2-c2ccc([N+](=O)[O-])cc2)SCC3)sc2c1CCCC2. The fourth-order valence-corrected chi connectivity index (χ4v) is 7.65. The first kappa shape index (κ1) is 26.4. The predicted octanol–water partition coefficient (Wildman–Crippen LogP) is 4.64. The van der Waals surface area contributed by atoms with Crippen LogP contribution in [0.5, 0.6) is 0 Å². The zero-order chi connectivity index (χ0) is 26.8. The third-order valence-electron chi connectivity index (χ3n) is 6.22. The van der Waals surface area contributed by atoms with Crippen LogP contribution in [0.25, 0.3) is 5.69 Å². The molecule has 3 aromatic rings. The highest BCUT2D eigenvalue weighted by Gasteiger charge is 2.28.